The van der Waals surface area contributed by atoms with Gasteiger partial charge in [-0.2, -0.15) is 0 Å². The van der Waals surface area contributed by atoms with E-state index in [0.29, 0.717) is 19.1 Å². The molecule has 158 valence electrons. The molecule has 1 saturated heterocycles. The summed E-state index contributed by atoms with van der Waals surface area (Å²) >= 11 is 0. The Kier molecular flexibility index (Phi) is 11.9. The van der Waals surface area contributed by atoms with Gasteiger partial charge in [-0.1, -0.05) is 19.1 Å². The van der Waals surface area contributed by atoms with Crippen molar-refractivity contribution in [2.45, 2.75) is 39.2 Å². The van der Waals surface area contributed by atoms with Crippen LogP contribution in [0.15, 0.2) is 29.3 Å². The van der Waals surface area contributed by atoms with Crippen LogP contribution in [0.25, 0.3) is 0 Å². The first-order chi connectivity index (χ1) is 13.1. The van der Waals surface area contributed by atoms with Crippen LogP contribution in [0.1, 0.15) is 43.5 Å². The summed E-state index contributed by atoms with van der Waals surface area (Å²) < 4.78 is 0. The average Bonchev–Trinajstić information content (AvgIpc) is 2.67. The summed E-state index contributed by atoms with van der Waals surface area (Å²) in [7, 11) is 0. The van der Waals surface area contributed by atoms with E-state index in [1.807, 2.05) is 6.92 Å². The third-order valence-corrected chi connectivity index (χ3v) is 4.63. The number of hydrogen-bond acceptors (Lipinski definition) is 4. The number of benzene rings is 1. The van der Waals surface area contributed by atoms with Gasteiger partial charge in [-0.25, -0.2) is 0 Å². The van der Waals surface area contributed by atoms with E-state index >= 15 is 0 Å². The van der Waals surface area contributed by atoms with Crippen molar-refractivity contribution < 1.29 is 9.90 Å². The first-order valence-electron chi connectivity index (χ1n) is 9.97. The van der Waals surface area contributed by atoms with Gasteiger partial charge < -0.3 is 26.0 Å². The Bertz CT molecular complexity index is 618. The Morgan fingerprint density at radius 2 is 1.93 bits per heavy atom. The van der Waals surface area contributed by atoms with Crippen LogP contribution in [0.5, 0.6) is 5.75 Å². The van der Waals surface area contributed by atoms with Gasteiger partial charge in [0.2, 0.25) is 0 Å². The number of carbonyl (C=O) groups excluding carboxylic acids is 1. The highest BCUT2D eigenvalue weighted by Gasteiger charge is 2.19. The Hall–Kier alpha value is -1.55. The predicted molar refractivity (Wildman–Crippen MR) is 125 cm³/mol. The Labute approximate surface area is 185 Å². The first kappa shape index (κ1) is 24.5. The second-order valence-electron chi connectivity index (χ2n) is 6.79. The van der Waals surface area contributed by atoms with Gasteiger partial charge in [-0.15, -0.1) is 24.0 Å². The van der Waals surface area contributed by atoms with E-state index in [2.05, 4.69) is 32.8 Å². The fraction of sp³-hybridized carbons (Fsp3) is 0.600. The molecule has 1 aliphatic rings. The summed E-state index contributed by atoms with van der Waals surface area (Å²) in [4.78, 5) is 19.1. The molecule has 0 spiro atoms. The maximum absolute atomic E-state index is 12.1. The summed E-state index contributed by atoms with van der Waals surface area (Å²) in [5.74, 6) is 0.496. The number of hydrogen-bond donors (Lipinski definition) is 4. The maximum Gasteiger partial charge on any atom is 0.255 e. The minimum atomic E-state index is -0.287. The molecule has 0 radical (unpaired) electrons. The van der Waals surface area contributed by atoms with Crippen LogP contribution in [0.3, 0.4) is 0 Å². The van der Waals surface area contributed by atoms with Crippen molar-refractivity contribution in [3.8, 4) is 5.75 Å². The molecule has 0 aliphatic carbocycles. The van der Waals surface area contributed by atoms with E-state index in [1.165, 1.54) is 19.0 Å². The predicted octanol–water partition coefficient (Wildman–Crippen LogP) is 2.17. The van der Waals surface area contributed by atoms with E-state index in [4.69, 9.17) is 0 Å². The van der Waals surface area contributed by atoms with Gasteiger partial charge in [-0.05, 0) is 44.9 Å². The molecular weight excluding hydrogens is 469 g/mol. The molecule has 1 fully saturated rings. The SMILES string of the molecule is CCCN1CCC(NC(=NCCNC(=O)c2ccccc2O)NCC)CC1.I. The highest BCUT2D eigenvalue weighted by atomic mass is 127. The number of aromatic hydroxyl groups is 1. The van der Waals surface area contributed by atoms with Crippen LogP contribution in [0, 0.1) is 0 Å². The monoisotopic (exact) mass is 503 g/mol. The number of amides is 1. The number of rotatable bonds is 8. The van der Waals surface area contributed by atoms with Gasteiger partial charge in [0.1, 0.15) is 5.75 Å². The third-order valence-electron chi connectivity index (χ3n) is 4.63. The van der Waals surface area contributed by atoms with Crippen LogP contribution in [0.2, 0.25) is 0 Å². The lowest BCUT2D eigenvalue weighted by Gasteiger charge is -2.32. The van der Waals surface area contributed by atoms with Gasteiger partial charge in [0.15, 0.2) is 5.96 Å². The molecule has 7 nitrogen and oxygen atoms in total. The molecule has 1 amide bonds. The number of aliphatic imine (C=N–C) groups is 1. The molecule has 0 atom stereocenters. The first-order valence-corrected chi connectivity index (χ1v) is 9.97. The number of piperidine rings is 1. The second-order valence-corrected chi connectivity index (χ2v) is 6.79. The summed E-state index contributed by atoms with van der Waals surface area (Å²) in [6, 6.07) is 6.96. The minimum Gasteiger partial charge on any atom is -0.507 e. The van der Waals surface area contributed by atoms with E-state index in [1.54, 1.807) is 18.2 Å². The normalized spacial score (nSPS) is 15.6. The fourth-order valence-corrected chi connectivity index (χ4v) is 3.23. The molecule has 8 heteroatoms. The minimum absolute atomic E-state index is 0. The number of halogens is 1. The zero-order chi connectivity index (χ0) is 19.5. The van der Waals surface area contributed by atoms with Crippen molar-refractivity contribution in [2.75, 3.05) is 39.3 Å². The standard InChI is InChI=1S/C20H33N5O2.HI/c1-3-13-25-14-9-16(10-15-25)24-20(21-4-2)23-12-11-22-19(27)17-7-5-6-8-18(17)26;/h5-8,16,26H,3-4,9-15H2,1-2H3,(H,22,27)(H2,21,23,24);1H. The topological polar surface area (TPSA) is 89.0 Å². The van der Waals surface area contributed by atoms with Crippen molar-refractivity contribution in [3.05, 3.63) is 29.8 Å². The molecule has 1 heterocycles. The highest BCUT2D eigenvalue weighted by molar-refractivity contribution is 14.0. The van der Waals surface area contributed by atoms with Crippen molar-refractivity contribution in [3.63, 3.8) is 0 Å². The van der Waals surface area contributed by atoms with Crippen molar-refractivity contribution >= 4 is 35.8 Å². The van der Waals surface area contributed by atoms with Crippen molar-refractivity contribution in [1.82, 2.24) is 20.9 Å². The lowest BCUT2D eigenvalue weighted by molar-refractivity contribution is 0.0952. The van der Waals surface area contributed by atoms with Gasteiger partial charge >= 0.3 is 0 Å². The Morgan fingerprint density at radius 3 is 2.57 bits per heavy atom. The van der Waals surface area contributed by atoms with E-state index in [9.17, 15) is 9.90 Å². The molecular formula is C20H34IN5O2. The molecule has 0 bridgehead atoms. The number of guanidine groups is 1. The number of phenols is 1. The number of nitrogens with one attached hydrogen (secondary N) is 3. The van der Waals surface area contributed by atoms with E-state index in [0.717, 1.165) is 38.4 Å². The molecule has 1 aromatic rings. The molecule has 0 unspecified atom stereocenters. The number of carbonyl (C=O) groups is 1. The lowest BCUT2D eigenvalue weighted by atomic mass is 10.1. The maximum atomic E-state index is 12.1. The van der Waals surface area contributed by atoms with Gasteiger partial charge in [0.05, 0.1) is 12.1 Å². The summed E-state index contributed by atoms with van der Waals surface area (Å²) in [6.45, 7) is 9.38. The molecule has 1 aromatic carbocycles. The van der Waals surface area contributed by atoms with E-state index in [-0.39, 0.29) is 41.2 Å². The van der Waals surface area contributed by atoms with Gasteiger partial charge in [0, 0.05) is 32.2 Å². The van der Waals surface area contributed by atoms with E-state index < -0.39 is 0 Å². The fourth-order valence-electron chi connectivity index (χ4n) is 3.23. The van der Waals surface area contributed by atoms with Crippen molar-refractivity contribution in [1.29, 1.82) is 0 Å². The van der Waals surface area contributed by atoms with Crippen LogP contribution in [-0.4, -0.2) is 67.2 Å². The third kappa shape index (κ3) is 8.22. The Morgan fingerprint density at radius 1 is 1.21 bits per heavy atom. The average molecular weight is 503 g/mol. The van der Waals surface area contributed by atoms with Gasteiger partial charge in [0.25, 0.3) is 5.91 Å². The van der Waals surface area contributed by atoms with Crippen LogP contribution in [-0.2, 0) is 0 Å². The Balaban J connectivity index is 0.00000392. The number of nitrogens with zero attached hydrogens (tertiary/aromatic N) is 2. The summed E-state index contributed by atoms with van der Waals surface area (Å²) in [5, 5.41) is 19.3. The number of phenolic OH excluding ortho intramolecular Hbond substituents is 1. The highest BCUT2D eigenvalue weighted by Crippen LogP contribution is 2.14. The zero-order valence-electron chi connectivity index (χ0n) is 16.9. The molecule has 2 rings (SSSR count). The number of para-hydroxylation sites is 1. The smallest absolute Gasteiger partial charge is 0.255 e. The second kappa shape index (κ2) is 13.6. The zero-order valence-corrected chi connectivity index (χ0v) is 19.2. The quantitative estimate of drug-likeness (QED) is 0.189. The lowest BCUT2D eigenvalue weighted by Crippen LogP contribution is -2.49. The number of likely N-dealkylation sites (tertiary alicyclic amines) is 1. The molecule has 4 N–H and O–H groups in total. The molecule has 0 aromatic heterocycles. The van der Waals surface area contributed by atoms with Crippen LogP contribution < -0.4 is 16.0 Å². The largest absolute Gasteiger partial charge is 0.507 e. The molecule has 28 heavy (non-hydrogen) atoms. The van der Waals surface area contributed by atoms with Gasteiger partial charge in [-0.3, -0.25) is 9.79 Å². The summed E-state index contributed by atoms with van der Waals surface area (Å²) in [6.07, 6.45) is 3.44. The molecule has 0 saturated carbocycles. The summed E-state index contributed by atoms with van der Waals surface area (Å²) in [5.41, 5.74) is 0.283. The van der Waals surface area contributed by atoms with Crippen LogP contribution in [0.4, 0.5) is 0 Å². The van der Waals surface area contributed by atoms with Crippen molar-refractivity contribution in [2.24, 2.45) is 4.99 Å². The van der Waals surface area contributed by atoms with Crippen LogP contribution >= 0.6 is 24.0 Å². The molecule has 1 aliphatic heterocycles.